The number of pyridine rings is 1. The van der Waals surface area contributed by atoms with E-state index in [-0.39, 0.29) is 6.42 Å². The number of nitrogens with zero attached hydrogens (tertiary/aromatic N) is 3. The summed E-state index contributed by atoms with van der Waals surface area (Å²) < 4.78 is 39.7. The smallest absolute Gasteiger partial charge is 0.356 e. The van der Waals surface area contributed by atoms with Crippen LogP contribution in [0.2, 0.25) is 0 Å². The summed E-state index contributed by atoms with van der Waals surface area (Å²) in [7, 11) is 0. The lowest BCUT2D eigenvalue weighted by molar-refractivity contribution is -0.225. The predicted molar refractivity (Wildman–Crippen MR) is 71.6 cm³/mol. The van der Waals surface area contributed by atoms with Crippen molar-refractivity contribution in [2.75, 3.05) is 18.0 Å². The van der Waals surface area contributed by atoms with Crippen LogP contribution in [0.1, 0.15) is 31.4 Å². The molecule has 0 aromatic carbocycles. The van der Waals surface area contributed by atoms with Crippen LogP contribution < -0.4 is 4.90 Å². The standard InChI is InChI=1S/C15H16F3N3/c16-15(17,18)12-5-8-21(10-14(12)6-2-7-14)13-4-1-3-11(9-19)20-13/h1,3-4,12H,2,5-8,10H2. The topological polar surface area (TPSA) is 39.9 Å². The third kappa shape index (κ3) is 2.45. The van der Waals surface area contributed by atoms with Crippen molar-refractivity contribution in [3.05, 3.63) is 23.9 Å². The fourth-order valence-corrected chi connectivity index (χ4v) is 3.67. The molecule has 1 atom stereocenters. The molecule has 1 aliphatic carbocycles. The number of hydrogen-bond donors (Lipinski definition) is 0. The van der Waals surface area contributed by atoms with Crippen LogP contribution in [0.25, 0.3) is 0 Å². The van der Waals surface area contributed by atoms with Gasteiger partial charge >= 0.3 is 6.18 Å². The van der Waals surface area contributed by atoms with Crippen molar-refractivity contribution in [1.82, 2.24) is 4.98 Å². The number of alkyl halides is 3. The van der Waals surface area contributed by atoms with Gasteiger partial charge in [0, 0.05) is 13.1 Å². The zero-order valence-corrected chi connectivity index (χ0v) is 11.5. The fourth-order valence-electron chi connectivity index (χ4n) is 3.67. The molecule has 1 aromatic heterocycles. The van der Waals surface area contributed by atoms with Gasteiger partial charge in [-0.15, -0.1) is 0 Å². The first-order valence-electron chi connectivity index (χ1n) is 7.13. The van der Waals surface area contributed by atoms with E-state index in [0.717, 1.165) is 6.42 Å². The second-order valence-electron chi connectivity index (χ2n) is 6.01. The Morgan fingerprint density at radius 2 is 2.10 bits per heavy atom. The zero-order valence-electron chi connectivity index (χ0n) is 11.5. The minimum atomic E-state index is -4.12. The Hall–Kier alpha value is -1.77. The Labute approximate surface area is 121 Å². The van der Waals surface area contributed by atoms with Gasteiger partial charge in [-0.1, -0.05) is 12.5 Å². The van der Waals surface area contributed by atoms with E-state index >= 15 is 0 Å². The number of piperidine rings is 1. The molecule has 3 rings (SSSR count). The molecule has 112 valence electrons. The van der Waals surface area contributed by atoms with Crippen molar-refractivity contribution < 1.29 is 13.2 Å². The molecule has 2 fully saturated rings. The quantitative estimate of drug-likeness (QED) is 0.796. The van der Waals surface area contributed by atoms with E-state index in [1.165, 1.54) is 0 Å². The normalized spacial score (nSPS) is 24.5. The highest BCUT2D eigenvalue weighted by Crippen LogP contribution is 2.56. The van der Waals surface area contributed by atoms with Gasteiger partial charge in [0.05, 0.1) is 5.92 Å². The van der Waals surface area contributed by atoms with Crippen LogP contribution in [0.5, 0.6) is 0 Å². The maximum absolute atomic E-state index is 13.2. The van der Waals surface area contributed by atoms with E-state index in [9.17, 15) is 13.2 Å². The summed E-state index contributed by atoms with van der Waals surface area (Å²) in [6, 6.07) is 7.06. The molecular weight excluding hydrogens is 279 g/mol. The summed E-state index contributed by atoms with van der Waals surface area (Å²) >= 11 is 0. The Balaban J connectivity index is 1.84. The number of hydrogen-bond acceptors (Lipinski definition) is 3. The van der Waals surface area contributed by atoms with E-state index in [0.29, 0.717) is 37.4 Å². The van der Waals surface area contributed by atoms with Crippen LogP contribution in [0, 0.1) is 22.7 Å². The predicted octanol–water partition coefficient (Wildman–Crippen LogP) is 3.51. The van der Waals surface area contributed by atoms with Crippen LogP contribution >= 0.6 is 0 Å². The first-order chi connectivity index (χ1) is 9.94. The average molecular weight is 295 g/mol. The average Bonchev–Trinajstić information content (AvgIpc) is 2.44. The van der Waals surface area contributed by atoms with Crippen LogP contribution in [-0.2, 0) is 0 Å². The van der Waals surface area contributed by atoms with Crippen molar-refractivity contribution in [2.45, 2.75) is 31.9 Å². The van der Waals surface area contributed by atoms with Crippen LogP contribution in [0.15, 0.2) is 18.2 Å². The highest BCUT2D eigenvalue weighted by Gasteiger charge is 2.58. The molecule has 0 bridgehead atoms. The molecule has 1 saturated heterocycles. The molecule has 1 aliphatic heterocycles. The molecule has 1 spiro atoms. The molecule has 0 radical (unpaired) electrons. The second-order valence-corrected chi connectivity index (χ2v) is 6.01. The Kier molecular flexibility index (Phi) is 3.31. The van der Waals surface area contributed by atoms with Crippen molar-refractivity contribution in [2.24, 2.45) is 11.3 Å². The van der Waals surface area contributed by atoms with E-state index in [1.54, 1.807) is 18.2 Å². The number of aromatic nitrogens is 1. The highest BCUT2D eigenvalue weighted by molar-refractivity contribution is 5.43. The Bertz CT molecular complexity index is 572. The SMILES string of the molecule is N#Cc1cccc(N2CCC(C(F)(F)F)C3(CCC3)C2)n1. The maximum Gasteiger partial charge on any atom is 0.392 e. The Morgan fingerprint density at radius 3 is 2.67 bits per heavy atom. The summed E-state index contributed by atoms with van der Waals surface area (Å²) in [5.74, 6) is -0.588. The van der Waals surface area contributed by atoms with Gasteiger partial charge in [-0.3, -0.25) is 0 Å². The van der Waals surface area contributed by atoms with Crippen molar-refractivity contribution in [3.63, 3.8) is 0 Å². The molecule has 0 N–H and O–H groups in total. The molecule has 1 aromatic rings. The van der Waals surface area contributed by atoms with E-state index in [1.807, 2.05) is 11.0 Å². The molecule has 0 amide bonds. The molecule has 3 nitrogen and oxygen atoms in total. The second kappa shape index (κ2) is 4.90. The highest BCUT2D eigenvalue weighted by atomic mass is 19.4. The van der Waals surface area contributed by atoms with E-state index in [4.69, 9.17) is 5.26 Å². The minimum Gasteiger partial charge on any atom is -0.356 e. The molecule has 21 heavy (non-hydrogen) atoms. The van der Waals surface area contributed by atoms with Gasteiger partial charge in [0.2, 0.25) is 0 Å². The van der Waals surface area contributed by atoms with Gasteiger partial charge in [0.1, 0.15) is 17.6 Å². The van der Waals surface area contributed by atoms with Gasteiger partial charge in [-0.05, 0) is 36.8 Å². The van der Waals surface area contributed by atoms with Crippen molar-refractivity contribution >= 4 is 5.82 Å². The van der Waals surface area contributed by atoms with Gasteiger partial charge in [0.15, 0.2) is 0 Å². The molecule has 2 heterocycles. The first kappa shape index (κ1) is 14.2. The summed E-state index contributed by atoms with van der Waals surface area (Å²) in [4.78, 5) is 6.11. The summed E-state index contributed by atoms with van der Waals surface area (Å²) in [5, 5.41) is 8.89. The van der Waals surface area contributed by atoms with E-state index < -0.39 is 17.5 Å². The summed E-state index contributed by atoms with van der Waals surface area (Å²) in [6.07, 6.45) is -1.88. The lowest BCUT2D eigenvalue weighted by atomic mass is 9.58. The third-order valence-corrected chi connectivity index (χ3v) is 4.85. The largest absolute Gasteiger partial charge is 0.392 e. The monoisotopic (exact) mass is 295 g/mol. The molecular formula is C15H16F3N3. The minimum absolute atomic E-state index is 0.113. The summed E-state index contributed by atoms with van der Waals surface area (Å²) in [6.45, 7) is 0.729. The molecule has 1 saturated carbocycles. The first-order valence-corrected chi connectivity index (χ1v) is 7.13. The van der Waals surface area contributed by atoms with Gasteiger partial charge in [-0.25, -0.2) is 4.98 Å². The lowest BCUT2D eigenvalue weighted by Crippen LogP contribution is -2.56. The molecule has 2 aliphatic rings. The lowest BCUT2D eigenvalue weighted by Gasteiger charge is -2.54. The number of anilines is 1. The van der Waals surface area contributed by atoms with Crippen LogP contribution in [-0.4, -0.2) is 24.2 Å². The van der Waals surface area contributed by atoms with Gasteiger partial charge in [0.25, 0.3) is 0 Å². The van der Waals surface area contributed by atoms with Gasteiger partial charge < -0.3 is 4.90 Å². The maximum atomic E-state index is 13.2. The van der Waals surface area contributed by atoms with Crippen molar-refractivity contribution in [1.29, 1.82) is 5.26 Å². The third-order valence-electron chi connectivity index (χ3n) is 4.85. The number of nitriles is 1. The number of rotatable bonds is 1. The zero-order chi connectivity index (χ0) is 15.1. The van der Waals surface area contributed by atoms with Crippen LogP contribution in [0.4, 0.5) is 19.0 Å². The summed E-state index contributed by atoms with van der Waals surface area (Å²) in [5.41, 5.74) is -0.353. The fraction of sp³-hybridized carbons (Fsp3) is 0.600. The number of halogens is 3. The van der Waals surface area contributed by atoms with Gasteiger partial charge in [-0.2, -0.15) is 18.4 Å². The molecule has 1 unspecified atom stereocenters. The van der Waals surface area contributed by atoms with E-state index in [2.05, 4.69) is 4.98 Å². The van der Waals surface area contributed by atoms with Crippen LogP contribution in [0.3, 0.4) is 0 Å². The van der Waals surface area contributed by atoms with Crippen molar-refractivity contribution in [3.8, 4) is 6.07 Å². The Morgan fingerprint density at radius 1 is 1.33 bits per heavy atom. The molecule has 6 heteroatoms.